The number of unbranched alkanes of at least 4 members (excludes halogenated alkanes) is 1. The van der Waals surface area contributed by atoms with Crippen LogP contribution in [0.3, 0.4) is 0 Å². The van der Waals surface area contributed by atoms with Gasteiger partial charge in [0.2, 0.25) is 0 Å². The lowest BCUT2D eigenvalue weighted by atomic mass is 10.0. The quantitative estimate of drug-likeness (QED) is 0.420. The maximum atomic E-state index is 11.8. The van der Waals surface area contributed by atoms with E-state index in [-0.39, 0.29) is 18.8 Å². The van der Waals surface area contributed by atoms with Crippen molar-refractivity contribution in [3.05, 3.63) is 48.0 Å². The number of esters is 2. The SMILES string of the molecule is CCCCC(CC)COC(=O)/C=C/C(=O)OCC(=O)Cc1ccccc1. The monoisotopic (exact) mass is 360 g/mol. The van der Waals surface area contributed by atoms with E-state index in [0.717, 1.165) is 43.4 Å². The summed E-state index contributed by atoms with van der Waals surface area (Å²) in [6.45, 7) is 4.22. The van der Waals surface area contributed by atoms with E-state index in [1.807, 2.05) is 30.3 Å². The van der Waals surface area contributed by atoms with Gasteiger partial charge in [-0.05, 0) is 17.9 Å². The van der Waals surface area contributed by atoms with Crippen LogP contribution >= 0.6 is 0 Å². The summed E-state index contributed by atoms with van der Waals surface area (Å²) in [5.41, 5.74) is 0.862. The van der Waals surface area contributed by atoms with Crippen molar-refractivity contribution in [2.45, 2.75) is 46.0 Å². The first-order valence-corrected chi connectivity index (χ1v) is 9.12. The Bertz CT molecular complexity index is 592. The molecule has 0 aliphatic rings. The van der Waals surface area contributed by atoms with E-state index in [2.05, 4.69) is 13.8 Å². The van der Waals surface area contributed by atoms with Gasteiger partial charge in [0.15, 0.2) is 12.4 Å². The minimum atomic E-state index is -0.735. The second-order valence-corrected chi connectivity index (χ2v) is 6.19. The molecule has 0 spiro atoms. The smallest absolute Gasteiger partial charge is 0.331 e. The zero-order chi connectivity index (χ0) is 19.2. The second-order valence-electron chi connectivity index (χ2n) is 6.19. The van der Waals surface area contributed by atoms with Gasteiger partial charge in [0.05, 0.1) is 6.61 Å². The van der Waals surface area contributed by atoms with Crippen LogP contribution in [-0.2, 0) is 30.3 Å². The number of benzene rings is 1. The van der Waals surface area contributed by atoms with Crippen LogP contribution in [0.1, 0.15) is 45.1 Å². The van der Waals surface area contributed by atoms with E-state index in [9.17, 15) is 14.4 Å². The average Bonchev–Trinajstić information content (AvgIpc) is 2.65. The molecule has 1 aromatic rings. The van der Waals surface area contributed by atoms with Crippen LogP contribution in [0.5, 0.6) is 0 Å². The molecular weight excluding hydrogens is 332 g/mol. The number of ether oxygens (including phenoxy) is 2. The van der Waals surface area contributed by atoms with Crippen molar-refractivity contribution in [1.82, 2.24) is 0 Å². The first-order chi connectivity index (χ1) is 12.5. The van der Waals surface area contributed by atoms with Crippen LogP contribution in [0.2, 0.25) is 0 Å². The fraction of sp³-hybridized carbons (Fsp3) is 0.476. The summed E-state index contributed by atoms with van der Waals surface area (Å²) in [4.78, 5) is 35.0. The van der Waals surface area contributed by atoms with E-state index in [4.69, 9.17) is 9.47 Å². The molecule has 1 rings (SSSR count). The molecule has 1 unspecified atom stereocenters. The summed E-state index contributed by atoms with van der Waals surface area (Å²) >= 11 is 0. The van der Waals surface area contributed by atoms with Crippen LogP contribution in [0.4, 0.5) is 0 Å². The lowest BCUT2D eigenvalue weighted by Gasteiger charge is -2.13. The summed E-state index contributed by atoms with van der Waals surface area (Å²) < 4.78 is 9.99. The van der Waals surface area contributed by atoms with Crippen LogP contribution in [0.25, 0.3) is 0 Å². The number of hydrogen-bond donors (Lipinski definition) is 0. The Morgan fingerprint density at radius 3 is 2.27 bits per heavy atom. The molecule has 5 heteroatoms. The molecule has 0 aliphatic carbocycles. The predicted molar refractivity (Wildman–Crippen MR) is 99.5 cm³/mol. The fourth-order valence-corrected chi connectivity index (χ4v) is 2.36. The van der Waals surface area contributed by atoms with E-state index in [1.165, 1.54) is 0 Å². The van der Waals surface area contributed by atoms with Gasteiger partial charge in [-0.3, -0.25) is 4.79 Å². The van der Waals surface area contributed by atoms with Gasteiger partial charge < -0.3 is 9.47 Å². The standard InChI is InChI=1S/C21H28O5/c1-3-5-9-17(4-2)15-25-20(23)12-13-21(24)26-16-19(22)14-18-10-7-6-8-11-18/h6-8,10-13,17H,3-5,9,14-16H2,1-2H3/b13-12+. The molecule has 26 heavy (non-hydrogen) atoms. The van der Waals surface area contributed by atoms with Gasteiger partial charge >= 0.3 is 11.9 Å². The number of Topliss-reactive ketones (excluding diaryl/α,β-unsaturated/α-hetero) is 1. The van der Waals surface area contributed by atoms with Crippen molar-refractivity contribution in [3.8, 4) is 0 Å². The second kappa shape index (κ2) is 12.9. The molecule has 142 valence electrons. The molecule has 0 bridgehead atoms. The summed E-state index contributed by atoms with van der Waals surface area (Å²) in [5, 5.41) is 0. The highest BCUT2D eigenvalue weighted by molar-refractivity contribution is 5.93. The van der Waals surface area contributed by atoms with Crippen molar-refractivity contribution in [1.29, 1.82) is 0 Å². The largest absolute Gasteiger partial charge is 0.462 e. The molecule has 0 saturated heterocycles. The van der Waals surface area contributed by atoms with Gasteiger partial charge in [-0.15, -0.1) is 0 Å². The first-order valence-electron chi connectivity index (χ1n) is 9.12. The van der Waals surface area contributed by atoms with Crippen molar-refractivity contribution in [3.63, 3.8) is 0 Å². The van der Waals surface area contributed by atoms with Gasteiger partial charge in [-0.25, -0.2) is 9.59 Å². The third kappa shape index (κ3) is 9.77. The third-order valence-corrected chi connectivity index (χ3v) is 3.98. The first kappa shape index (κ1) is 21.6. The number of carbonyl (C=O) groups is 3. The van der Waals surface area contributed by atoms with E-state index >= 15 is 0 Å². The molecule has 0 amide bonds. The lowest BCUT2D eigenvalue weighted by Crippen LogP contribution is -2.15. The molecule has 0 aliphatic heterocycles. The van der Waals surface area contributed by atoms with Crippen molar-refractivity contribution in [2.24, 2.45) is 5.92 Å². The van der Waals surface area contributed by atoms with E-state index in [0.29, 0.717) is 12.5 Å². The van der Waals surface area contributed by atoms with E-state index < -0.39 is 11.9 Å². The predicted octanol–water partition coefficient (Wildman–Crippen LogP) is 3.66. The maximum Gasteiger partial charge on any atom is 0.331 e. The van der Waals surface area contributed by atoms with Gasteiger partial charge in [-0.1, -0.05) is 63.4 Å². The zero-order valence-electron chi connectivity index (χ0n) is 15.6. The van der Waals surface area contributed by atoms with E-state index in [1.54, 1.807) is 0 Å². The molecule has 0 radical (unpaired) electrons. The van der Waals surface area contributed by atoms with Crippen molar-refractivity contribution >= 4 is 17.7 Å². The topological polar surface area (TPSA) is 69.7 Å². The minimum absolute atomic E-state index is 0.204. The molecule has 0 N–H and O–H groups in total. The highest BCUT2D eigenvalue weighted by atomic mass is 16.5. The molecule has 0 fully saturated rings. The Balaban J connectivity index is 2.26. The number of hydrogen-bond acceptors (Lipinski definition) is 5. The van der Waals surface area contributed by atoms with Crippen LogP contribution in [-0.4, -0.2) is 30.9 Å². The molecule has 0 saturated carbocycles. The van der Waals surface area contributed by atoms with Gasteiger partial charge in [0.1, 0.15) is 0 Å². The number of ketones is 1. The molecule has 5 nitrogen and oxygen atoms in total. The van der Waals surface area contributed by atoms with Gasteiger partial charge in [0.25, 0.3) is 0 Å². The lowest BCUT2D eigenvalue weighted by molar-refractivity contribution is -0.143. The Hall–Kier alpha value is -2.43. The highest BCUT2D eigenvalue weighted by Gasteiger charge is 2.10. The molecule has 0 aromatic heterocycles. The minimum Gasteiger partial charge on any atom is -0.462 e. The summed E-state index contributed by atoms with van der Waals surface area (Å²) in [6, 6.07) is 9.21. The highest BCUT2D eigenvalue weighted by Crippen LogP contribution is 2.12. The average molecular weight is 360 g/mol. The Labute approximate surface area is 155 Å². The number of carbonyl (C=O) groups excluding carboxylic acids is 3. The summed E-state index contributed by atoms with van der Waals surface area (Å²) in [6.07, 6.45) is 6.42. The van der Waals surface area contributed by atoms with Crippen molar-refractivity contribution < 1.29 is 23.9 Å². The van der Waals surface area contributed by atoms with Gasteiger partial charge in [0, 0.05) is 18.6 Å². The Kier molecular flexibility index (Phi) is 10.7. The Morgan fingerprint density at radius 2 is 1.65 bits per heavy atom. The summed E-state index contributed by atoms with van der Waals surface area (Å²) in [5.74, 6) is -1.18. The van der Waals surface area contributed by atoms with Crippen molar-refractivity contribution in [2.75, 3.05) is 13.2 Å². The summed E-state index contributed by atoms with van der Waals surface area (Å²) in [7, 11) is 0. The fourth-order valence-electron chi connectivity index (χ4n) is 2.36. The Morgan fingerprint density at radius 1 is 1.00 bits per heavy atom. The normalized spacial score (nSPS) is 11.9. The molecule has 1 atom stereocenters. The third-order valence-electron chi connectivity index (χ3n) is 3.98. The molecule has 0 heterocycles. The van der Waals surface area contributed by atoms with Crippen LogP contribution < -0.4 is 0 Å². The van der Waals surface area contributed by atoms with Crippen LogP contribution in [0, 0.1) is 5.92 Å². The van der Waals surface area contributed by atoms with Gasteiger partial charge in [-0.2, -0.15) is 0 Å². The zero-order valence-corrected chi connectivity index (χ0v) is 15.6. The molecule has 1 aromatic carbocycles. The van der Waals surface area contributed by atoms with Crippen LogP contribution in [0.15, 0.2) is 42.5 Å². The maximum absolute atomic E-state index is 11.8. The molecular formula is C21H28O5. The number of rotatable bonds is 12.